The smallest absolute Gasteiger partial charge is 0.224 e. The van der Waals surface area contributed by atoms with Crippen LogP contribution in [-0.4, -0.2) is 20.4 Å². The van der Waals surface area contributed by atoms with Crippen molar-refractivity contribution in [3.8, 4) is 0 Å². The molecular formula is C16H16N4O. The summed E-state index contributed by atoms with van der Waals surface area (Å²) in [6, 6.07) is 11.6. The topological polar surface area (TPSA) is 59.8 Å². The lowest BCUT2D eigenvalue weighted by atomic mass is 10.1. The molecule has 2 heterocycles. The van der Waals surface area contributed by atoms with E-state index in [2.05, 4.69) is 15.3 Å². The zero-order chi connectivity index (χ0) is 14.7. The number of carbonyl (C=O) groups excluding carboxylic acids is 1. The van der Waals surface area contributed by atoms with Crippen molar-refractivity contribution in [1.29, 1.82) is 0 Å². The molecule has 0 unspecified atom stereocenters. The normalized spacial score (nSPS) is 10.7. The molecule has 21 heavy (non-hydrogen) atoms. The summed E-state index contributed by atoms with van der Waals surface area (Å²) in [7, 11) is 1.95. The minimum atomic E-state index is -0.0177. The molecule has 0 saturated carbocycles. The first-order valence-electron chi connectivity index (χ1n) is 6.79. The summed E-state index contributed by atoms with van der Waals surface area (Å²) in [5, 5.41) is 2.87. The summed E-state index contributed by atoms with van der Waals surface area (Å²) >= 11 is 0. The first-order valence-corrected chi connectivity index (χ1v) is 6.79. The average Bonchev–Trinajstić information content (AvgIpc) is 2.87. The second kappa shape index (κ2) is 5.75. The van der Waals surface area contributed by atoms with Crippen molar-refractivity contribution in [2.45, 2.75) is 13.0 Å². The van der Waals surface area contributed by atoms with Gasteiger partial charge in [0.1, 0.15) is 0 Å². The fourth-order valence-electron chi connectivity index (χ4n) is 2.23. The predicted molar refractivity (Wildman–Crippen MR) is 80.5 cm³/mol. The van der Waals surface area contributed by atoms with E-state index in [1.807, 2.05) is 48.0 Å². The molecule has 1 amide bonds. The number of benzene rings is 1. The molecule has 5 nitrogen and oxygen atoms in total. The molecule has 106 valence electrons. The van der Waals surface area contributed by atoms with E-state index in [1.165, 1.54) is 0 Å². The molecule has 0 fully saturated rings. The molecule has 0 atom stereocenters. The van der Waals surface area contributed by atoms with Crippen molar-refractivity contribution in [2.24, 2.45) is 7.05 Å². The lowest BCUT2D eigenvalue weighted by molar-refractivity contribution is -0.120. The third-order valence-electron chi connectivity index (χ3n) is 3.35. The number of nitrogens with zero attached hydrogens (tertiary/aromatic N) is 3. The Morgan fingerprint density at radius 2 is 2.14 bits per heavy atom. The van der Waals surface area contributed by atoms with E-state index in [4.69, 9.17) is 0 Å². The van der Waals surface area contributed by atoms with Crippen LogP contribution in [0.15, 0.2) is 48.9 Å². The van der Waals surface area contributed by atoms with Crippen molar-refractivity contribution >= 4 is 16.9 Å². The second-order valence-corrected chi connectivity index (χ2v) is 4.95. The van der Waals surface area contributed by atoms with Gasteiger partial charge in [-0.2, -0.15) is 0 Å². The van der Waals surface area contributed by atoms with Crippen molar-refractivity contribution in [3.63, 3.8) is 0 Å². The number of aryl methyl sites for hydroxylation is 1. The van der Waals surface area contributed by atoms with Gasteiger partial charge in [-0.25, -0.2) is 4.98 Å². The highest BCUT2D eigenvalue weighted by atomic mass is 16.1. The third-order valence-corrected chi connectivity index (χ3v) is 3.35. The number of fused-ring (bicyclic) bond motifs is 1. The number of rotatable bonds is 4. The first kappa shape index (κ1) is 13.3. The van der Waals surface area contributed by atoms with Crippen LogP contribution in [0.5, 0.6) is 0 Å². The number of aromatic nitrogens is 3. The van der Waals surface area contributed by atoms with Gasteiger partial charge < -0.3 is 9.88 Å². The first-order chi connectivity index (χ1) is 10.2. The maximum absolute atomic E-state index is 12.0. The minimum Gasteiger partial charge on any atom is -0.350 e. The summed E-state index contributed by atoms with van der Waals surface area (Å²) < 4.78 is 1.96. The van der Waals surface area contributed by atoms with E-state index in [-0.39, 0.29) is 5.91 Å². The highest BCUT2D eigenvalue weighted by Gasteiger charge is 2.06. The van der Waals surface area contributed by atoms with Gasteiger partial charge in [0.15, 0.2) is 0 Å². The molecule has 0 aliphatic heterocycles. The number of nitrogens with one attached hydrogen (secondary N) is 1. The van der Waals surface area contributed by atoms with Crippen molar-refractivity contribution in [3.05, 3.63) is 60.2 Å². The summed E-state index contributed by atoms with van der Waals surface area (Å²) in [5.74, 6) is -0.0177. The summed E-state index contributed by atoms with van der Waals surface area (Å²) in [6.45, 7) is 0.450. The van der Waals surface area contributed by atoms with Gasteiger partial charge in [0.2, 0.25) is 5.91 Å². The van der Waals surface area contributed by atoms with E-state index < -0.39 is 0 Å². The fraction of sp³-hybridized carbons (Fsp3) is 0.188. The maximum atomic E-state index is 12.0. The number of imidazole rings is 1. The Morgan fingerprint density at radius 1 is 1.24 bits per heavy atom. The zero-order valence-electron chi connectivity index (χ0n) is 11.8. The Morgan fingerprint density at radius 3 is 2.95 bits per heavy atom. The Bertz CT molecular complexity index is 764. The summed E-state index contributed by atoms with van der Waals surface area (Å²) in [6.07, 6.45) is 3.84. The molecule has 3 aromatic rings. The van der Waals surface area contributed by atoms with Crippen LogP contribution in [0.3, 0.4) is 0 Å². The van der Waals surface area contributed by atoms with Crippen LogP contribution in [0.2, 0.25) is 0 Å². The van der Waals surface area contributed by atoms with Gasteiger partial charge in [-0.3, -0.25) is 9.78 Å². The largest absolute Gasteiger partial charge is 0.350 e. The Kier molecular flexibility index (Phi) is 3.64. The number of amides is 1. The fourth-order valence-corrected chi connectivity index (χ4v) is 2.23. The van der Waals surface area contributed by atoms with Crippen molar-refractivity contribution < 1.29 is 4.79 Å². The lowest BCUT2D eigenvalue weighted by Crippen LogP contribution is -2.24. The Labute approximate surface area is 122 Å². The van der Waals surface area contributed by atoms with Crippen molar-refractivity contribution in [1.82, 2.24) is 19.9 Å². The van der Waals surface area contributed by atoms with Gasteiger partial charge in [0.25, 0.3) is 0 Å². The molecule has 3 rings (SSSR count). The van der Waals surface area contributed by atoms with Crippen LogP contribution in [0, 0.1) is 0 Å². The number of hydrogen-bond donors (Lipinski definition) is 1. The van der Waals surface area contributed by atoms with Crippen LogP contribution in [0.25, 0.3) is 11.0 Å². The summed E-state index contributed by atoms with van der Waals surface area (Å²) in [4.78, 5) is 20.4. The molecule has 0 aliphatic carbocycles. The highest BCUT2D eigenvalue weighted by Crippen LogP contribution is 2.14. The van der Waals surface area contributed by atoms with Crippen LogP contribution >= 0.6 is 0 Å². The van der Waals surface area contributed by atoms with E-state index in [9.17, 15) is 4.79 Å². The van der Waals surface area contributed by atoms with Gasteiger partial charge in [-0.1, -0.05) is 12.1 Å². The molecule has 0 aliphatic rings. The van der Waals surface area contributed by atoms with Crippen LogP contribution in [0.4, 0.5) is 0 Å². The quantitative estimate of drug-likeness (QED) is 0.793. The molecular weight excluding hydrogens is 264 g/mol. The zero-order valence-corrected chi connectivity index (χ0v) is 11.8. The lowest BCUT2D eigenvalue weighted by Gasteiger charge is -2.05. The minimum absolute atomic E-state index is 0.0177. The SMILES string of the molecule is Cn1cnc2cc(CC(=O)NCc3ccccn3)ccc21. The van der Waals surface area contributed by atoms with E-state index in [1.54, 1.807) is 12.5 Å². The summed E-state index contributed by atoms with van der Waals surface area (Å²) in [5.41, 5.74) is 3.78. The standard InChI is InChI=1S/C16H16N4O/c1-20-11-19-14-8-12(5-6-15(14)20)9-16(21)18-10-13-4-2-3-7-17-13/h2-8,11H,9-10H2,1H3,(H,18,21). The van der Waals surface area contributed by atoms with E-state index in [0.717, 1.165) is 22.3 Å². The maximum Gasteiger partial charge on any atom is 0.224 e. The van der Waals surface area contributed by atoms with Gasteiger partial charge in [-0.05, 0) is 29.8 Å². The van der Waals surface area contributed by atoms with Crippen LogP contribution < -0.4 is 5.32 Å². The van der Waals surface area contributed by atoms with Gasteiger partial charge in [-0.15, -0.1) is 0 Å². The Balaban J connectivity index is 1.63. The molecule has 1 aromatic carbocycles. The molecule has 0 spiro atoms. The van der Waals surface area contributed by atoms with E-state index >= 15 is 0 Å². The predicted octanol–water partition coefficient (Wildman–Crippen LogP) is 1.83. The van der Waals surface area contributed by atoms with Crippen LogP contribution in [0.1, 0.15) is 11.3 Å². The van der Waals surface area contributed by atoms with Crippen LogP contribution in [-0.2, 0) is 24.8 Å². The molecule has 0 radical (unpaired) electrons. The van der Waals surface area contributed by atoms with Gasteiger partial charge >= 0.3 is 0 Å². The van der Waals surface area contributed by atoms with E-state index in [0.29, 0.717) is 13.0 Å². The average molecular weight is 280 g/mol. The van der Waals surface area contributed by atoms with Crippen molar-refractivity contribution in [2.75, 3.05) is 0 Å². The molecule has 0 bridgehead atoms. The monoisotopic (exact) mass is 280 g/mol. The van der Waals surface area contributed by atoms with Gasteiger partial charge in [0, 0.05) is 13.2 Å². The number of pyridine rings is 1. The number of hydrogen-bond acceptors (Lipinski definition) is 3. The number of carbonyl (C=O) groups is 1. The molecule has 0 saturated heterocycles. The Hall–Kier alpha value is -2.69. The molecule has 2 aromatic heterocycles. The second-order valence-electron chi connectivity index (χ2n) is 4.95. The molecule has 5 heteroatoms. The molecule has 1 N–H and O–H groups in total. The van der Waals surface area contributed by atoms with Gasteiger partial charge in [0.05, 0.1) is 36.0 Å². The highest BCUT2D eigenvalue weighted by molar-refractivity contribution is 5.81. The third kappa shape index (κ3) is 3.08.